The number of unbranched alkanes of at least 4 members (excludes halogenated alkanes) is 1. The predicted octanol–water partition coefficient (Wildman–Crippen LogP) is 0.632. The van der Waals surface area contributed by atoms with Crippen molar-refractivity contribution in [2.24, 2.45) is 0 Å². The second-order valence-corrected chi connectivity index (χ2v) is 2.42. The molecule has 0 spiro atoms. The van der Waals surface area contributed by atoms with Gasteiger partial charge in [-0.15, -0.1) is 0 Å². The Bertz CT molecular complexity index is 93.6. The summed E-state index contributed by atoms with van der Waals surface area (Å²) in [5.74, 6) is 0. The Balaban J connectivity index is 3.50. The Labute approximate surface area is 62.6 Å². The van der Waals surface area contributed by atoms with E-state index in [0.29, 0.717) is 0 Å². The van der Waals surface area contributed by atoms with Gasteiger partial charge in [-0.05, 0) is 6.42 Å². The highest BCUT2D eigenvalue weighted by Gasteiger charge is 2.02. The average Bonchev–Trinajstić information content (AvgIpc) is 1.89. The highest BCUT2D eigenvalue weighted by atomic mass is 16.1. The minimum absolute atomic E-state index is 0.771. The topological polar surface area (TPSA) is 23.6 Å². The molecule has 10 heavy (non-hydrogen) atoms. The van der Waals surface area contributed by atoms with Crippen LogP contribution in [0, 0.1) is 0 Å². The second-order valence-electron chi connectivity index (χ2n) is 2.42. The molecule has 0 aromatic rings. The van der Waals surface area contributed by atoms with Gasteiger partial charge in [0.1, 0.15) is 0 Å². The van der Waals surface area contributed by atoms with Crippen molar-refractivity contribution in [1.29, 1.82) is 0 Å². The SMILES string of the molecule is CCCCN([C]=O)N(C)C. The lowest BCUT2D eigenvalue weighted by Gasteiger charge is -2.22. The Hall–Kier alpha value is -0.570. The van der Waals surface area contributed by atoms with Crippen LogP contribution in [-0.4, -0.2) is 37.1 Å². The van der Waals surface area contributed by atoms with E-state index in [0.717, 1.165) is 19.4 Å². The minimum atomic E-state index is 0.771. The van der Waals surface area contributed by atoms with Crippen molar-refractivity contribution < 1.29 is 4.79 Å². The molecular weight excluding hydrogens is 128 g/mol. The molecule has 0 aliphatic heterocycles. The molecule has 0 atom stereocenters. The van der Waals surface area contributed by atoms with Crippen molar-refractivity contribution in [1.82, 2.24) is 10.0 Å². The first-order chi connectivity index (χ1) is 4.72. The number of carbonyl (C=O) groups excluding carboxylic acids is 1. The summed E-state index contributed by atoms with van der Waals surface area (Å²) in [6.07, 6.45) is 3.98. The Morgan fingerprint density at radius 2 is 2.00 bits per heavy atom. The third-order valence-electron chi connectivity index (χ3n) is 1.31. The largest absolute Gasteiger partial charge is 0.327 e. The first-order valence-corrected chi connectivity index (χ1v) is 3.55. The average molecular weight is 143 g/mol. The molecule has 0 saturated heterocycles. The Morgan fingerprint density at radius 1 is 1.40 bits per heavy atom. The van der Waals surface area contributed by atoms with E-state index in [4.69, 9.17) is 0 Å². The molecule has 3 heteroatoms. The number of hydrogen-bond acceptors (Lipinski definition) is 2. The van der Waals surface area contributed by atoms with Crippen molar-refractivity contribution in [3.63, 3.8) is 0 Å². The monoisotopic (exact) mass is 143 g/mol. The number of hydrazine groups is 1. The van der Waals surface area contributed by atoms with Gasteiger partial charge in [0, 0.05) is 20.6 Å². The summed E-state index contributed by atoms with van der Waals surface area (Å²) in [5.41, 5.74) is 0. The third kappa shape index (κ3) is 3.45. The molecule has 1 amide bonds. The number of nitrogens with zero attached hydrogens (tertiary/aromatic N) is 2. The van der Waals surface area contributed by atoms with E-state index in [-0.39, 0.29) is 0 Å². The molecule has 0 unspecified atom stereocenters. The molecule has 0 fully saturated rings. The van der Waals surface area contributed by atoms with Crippen LogP contribution >= 0.6 is 0 Å². The van der Waals surface area contributed by atoms with Gasteiger partial charge in [0.2, 0.25) is 0 Å². The fraction of sp³-hybridized carbons (Fsp3) is 0.857. The molecule has 3 nitrogen and oxygen atoms in total. The molecule has 0 aromatic carbocycles. The molecule has 0 aliphatic carbocycles. The van der Waals surface area contributed by atoms with Crippen molar-refractivity contribution in [2.45, 2.75) is 19.8 Å². The van der Waals surface area contributed by atoms with Crippen molar-refractivity contribution >= 4 is 6.41 Å². The lowest BCUT2D eigenvalue weighted by molar-refractivity contribution is 0.104. The summed E-state index contributed by atoms with van der Waals surface area (Å²) >= 11 is 0. The van der Waals surface area contributed by atoms with Crippen molar-refractivity contribution in [3.05, 3.63) is 0 Å². The van der Waals surface area contributed by atoms with Gasteiger partial charge < -0.3 is 0 Å². The molecular formula is C7H15N2O. The Morgan fingerprint density at radius 3 is 2.30 bits per heavy atom. The molecule has 0 aliphatic rings. The maximum Gasteiger partial charge on any atom is 0.327 e. The number of rotatable bonds is 5. The molecule has 0 N–H and O–H groups in total. The van der Waals surface area contributed by atoms with Crippen LogP contribution < -0.4 is 0 Å². The van der Waals surface area contributed by atoms with Gasteiger partial charge in [-0.25, -0.2) is 5.01 Å². The predicted molar refractivity (Wildman–Crippen MR) is 41.0 cm³/mol. The van der Waals surface area contributed by atoms with E-state index < -0.39 is 0 Å². The van der Waals surface area contributed by atoms with Crippen LogP contribution in [0.5, 0.6) is 0 Å². The molecule has 0 rings (SSSR count). The lowest BCUT2D eigenvalue weighted by atomic mass is 10.3. The van der Waals surface area contributed by atoms with Gasteiger partial charge in [-0.3, -0.25) is 9.80 Å². The van der Waals surface area contributed by atoms with Gasteiger partial charge in [0.25, 0.3) is 0 Å². The van der Waals surface area contributed by atoms with E-state index in [9.17, 15) is 4.79 Å². The van der Waals surface area contributed by atoms with Crippen LogP contribution in [0.4, 0.5) is 0 Å². The van der Waals surface area contributed by atoms with Gasteiger partial charge in [-0.2, -0.15) is 0 Å². The fourth-order valence-electron chi connectivity index (χ4n) is 0.635. The van der Waals surface area contributed by atoms with Crippen LogP contribution in [-0.2, 0) is 4.79 Å². The maximum atomic E-state index is 10.2. The normalized spacial score (nSPS) is 10.0. The van der Waals surface area contributed by atoms with Gasteiger partial charge in [-0.1, -0.05) is 13.3 Å². The van der Waals surface area contributed by atoms with E-state index >= 15 is 0 Å². The summed E-state index contributed by atoms with van der Waals surface area (Å²) in [7, 11) is 3.67. The lowest BCUT2D eigenvalue weighted by Crippen LogP contribution is -2.36. The van der Waals surface area contributed by atoms with E-state index in [1.54, 1.807) is 5.01 Å². The van der Waals surface area contributed by atoms with Gasteiger partial charge in [0.05, 0.1) is 0 Å². The fourth-order valence-corrected chi connectivity index (χ4v) is 0.635. The van der Waals surface area contributed by atoms with Gasteiger partial charge >= 0.3 is 6.41 Å². The molecule has 0 saturated carbocycles. The molecule has 0 bridgehead atoms. The van der Waals surface area contributed by atoms with Crippen LogP contribution in [0.1, 0.15) is 19.8 Å². The van der Waals surface area contributed by atoms with Crippen molar-refractivity contribution in [2.75, 3.05) is 20.6 Å². The van der Waals surface area contributed by atoms with E-state index in [1.165, 1.54) is 5.01 Å². The highest BCUT2D eigenvalue weighted by molar-refractivity contribution is 5.46. The first-order valence-electron chi connectivity index (χ1n) is 3.55. The summed E-state index contributed by atoms with van der Waals surface area (Å²) < 4.78 is 0. The van der Waals surface area contributed by atoms with Crippen LogP contribution in [0.3, 0.4) is 0 Å². The smallest absolute Gasteiger partial charge is 0.267 e. The summed E-state index contributed by atoms with van der Waals surface area (Å²) in [5, 5.41) is 3.27. The zero-order chi connectivity index (χ0) is 7.98. The third-order valence-corrected chi connectivity index (χ3v) is 1.31. The summed E-state index contributed by atoms with van der Waals surface area (Å²) in [4.78, 5) is 10.2. The molecule has 1 radical (unpaired) electrons. The summed E-state index contributed by atoms with van der Waals surface area (Å²) in [6, 6.07) is 0. The zero-order valence-corrected chi connectivity index (χ0v) is 6.92. The number of amides is 1. The first kappa shape index (κ1) is 9.43. The van der Waals surface area contributed by atoms with E-state index in [2.05, 4.69) is 6.92 Å². The molecule has 0 aromatic heterocycles. The minimum Gasteiger partial charge on any atom is -0.267 e. The second kappa shape index (κ2) is 5.23. The number of hydrogen-bond donors (Lipinski definition) is 0. The molecule has 59 valence electrons. The van der Waals surface area contributed by atoms with Crippen LogP contribution in [0.2, 0.25) is 0 Å². The van der Waals surface area contributed by atoms with Crippen LogP contribution in [0.15, 0.2) is 0 Å². The van der Waals surface area contributed by atoms with E-state index in [1.807, 2.05) is 20.5 Å². The molecule has 0 heterocycles. The highest BCUT2D eigenvalue weighted by Crippen LogP contribution is 1.92. The Kier molecular flexibility index (Phi) is 4.94. The van der Waals surface area contributed by atoms with Gasteiger partial charge in [0.15, 0.2) is 0 Å². The quantitative estimate of drug-likeness (QED) is 0.416. The maximum absolute atomic E-state index is 10.2. The summed E-state index contributed by atoms with van der Waals surface area (Å²) in [6.45, 7) is 2.87. The standard InChI is InChI=1S/C7H15N2O/c1-4-5-6-9(7-10)8(2)3/h4-6H2,1-3H3. The van der Waals surface area contributed by atoms with Crippen molar-refractivity contribution in [3.8, 4) is 0 Å². The zero-order valence-electron chi connectivity index (χ0n) is 6.92. The van der Waals surface area contributed by atoms with Crippen LogP contribution in [0.25, 0.3) is 0 Å².